The van der Waals surface area contributed by atoms with Crippen molar-refractivity contribution < 1.29 is 19.1 Å². The molecule has 2 saturated heterocycles. The summed E-state index contributed by atoms with van der Waals surface area (Å²) in [6.07, 6.45) is -0.174. The van der Waals surface area contributed by atoms with Crippen LogP contribution in [0.15, 0.2) is 30.3 Å². The first-order valence-corrected chi connectivity index (χ1v) is 8.21. The molecule has 2 aliphatic heterocycles. The van der Waals surface area contributed by atoms with E-state index in [4.69, 9.17) is 14.3 Å². The predicted molar refractivity (Wildman–Crippen MR) is 85.1 cm³/mol. The van der Waals surface area contributed by atoms with Crippen molar-refractivity contribution in [3.63, 3.8) is 0 Å². The van der Waals surface area contributed by atoms with Gasteiger partial charge in [-0.2, -0.15) is 0 Å². The zero-order valence-corrected chi connectivity index (χ0v) is 14.2. The van der Waals surface area contributed by atoms with E-state index in [9.17, 15) is 4.79 Å². The number of hydrogen-bond acceptors (Lipinski definition) is 5. The molecule has 0 saturated carbocycles. The molecule has 0 N–H and O–H groups in total. The molecule has 3 atom stereocenters. The van der Waals surface area contributed by atoms with Crippen LogP contribution in [0.4, 0.5) is 0 Å². The Balaban J connectivity index is 1.83. The van der Waals surface area contributed by atoms with E-state index in [0.717, 1.165) is 5.56 Å². The lowest BCUT2D eigenvalue weighted by Crippen LogP contribution is -2.45. The molecule has 1 aromatic rings. The van der Waals surface area contributed by atoms with Crippen LogP contribution in [0.1, 0.15) is 33.3 Å². The molecular formula is C18H25NO4. The van der Waals surface area contributed by atoms with E-state index in [2.05, 4.69) is 0 Å². The summed E-state index contributed by atoms with van der Waals surface area (Å²) in [7, 11) is 0. The van der Waals surface area contributed by atoms with Crippen LogP contribution in [-0.2, 0) is 25.7 Å². The molecule has 0 aliphatic carbocycles. The predicted octanol–water partition coefficient (Wildman–Crippen LogP) is 2.75. The highest BCUT2D eigenvalue weighted by atomic mass is 16.8. The van der Waals surface area contributed by atoms with Crippen molar-refractivity contribution in [3.8, 4) is 0 Å². The second-order valence-corrected chi connectivity index (χ2v) is 7.10. The highest BCUT2D eigenvalue weighted by Crippen LogP contribution is 2.37. The molecule has 5 nitrogen and oxygen atoms in total. The monoisotopic (exact) mass is 319 g/mol. The van der Waals surface area contributed by atoms with Gasteiger partial charge in [-0.25, -0.2) is 4.79 Å². The minimum Gasteiger partial charge on any atom is -0.367 e. The average molecular weight is 319 g/mol. The third-order valence-corrected chi connectivity index (χ3v) is 4.49. The van der Waals surface area contributed by atoms with Crippen LogP contribution in [-0.4, -0.2) is 35.6 Å². The molecule has 0 amide bonds. The summed E-state index contributed by atoms with van der Waals surface area (Å²) in [5, 5.41) is 1.78. The minimum atomic E-state index is -0.615. The van der Waals surface area contributed by atoms with E-state index in [0.29, 0.717) is 13.2 Å². The molecule has 2 aliphatic rings. The Bertz CT molecular complexity index is 557. The fourth-order valence-corrected chi connectivity index (χ4v) is 3.42. The van der Waals surface area contributed by atoms with Crippen LogP contribution in [0.3, 0.4) is 0 Å². The van der Waals surface area contributed by atoms with E-state index < -0.39 is 5.79 Å². The van der Waals surface area contributed by atoms with Crippen LogP contribution >= 0.6 is 0 Å². The molecule has 1 aromatic carbocycles. The molecule has 0 bridgehead atoms. The highest BCUT2D eigenvalue weighted by molar-refractivity contribution is 5.75. The number of hydrogen-bond donors (Lipinski definition) is 0. The summed E-state index contributed by atoms with van der Waals surface area (Å²) in [6.45, 7) is 8.93. The Labute approximate surface area is 137 Å². The lowest BCUT2D eigenvalue weighted by Gasteiger charge is -2.29. The minimum absolute atomic E-state index is 0.135. The molecule has 2 fully saturated rings. The van der Waals surface area contributed by atoms with Crippen molar-refractivity contribution in [1.29, 1.82) is 0 Å². The largest absolute Gasteiger partial charge is 0.367 e. The molecule has 0 aromatic heterocycles. The number of hydroxylamine groups is 2. The standard InChI is InChI=1S/C18H25NO4/c1-12(2)15-16(14-11-21-18(3,4)22-14)19(23-17(15)20)10-13-8-6-5-7-9-13/h5-9,12,14-16H,10-11H2,1-4H3/t14-,15+,16+/m1/s1. The zero-order chi connectivity index (χ0) is 16.6. The lowest BCUT2D eigenvalue weighted by atomic mass is 9.86. The third kappa shape index (κ3) is 3.42. The number of carbonyl (C=O) groups is 1. The van der Waals surface area contributed by atoms with Crippen LogP contribution in [0.25, 0.3) is 0 Å². The number of nitrogens with zero attached hydrogens (tertiary/aromatic N) is 1. The Morgan fingerprint density at radius 3 is 2.52 bits per heavy atom. The molecule has 0 unspecified atom stereocenters. The normalized spacial score (nSPS) is 30.8. The Morgan fingerprint density at radius 2 is 1.96 bits per heavy atom. The molecule has 0 radical (unpaired) electrons. The second-order valence-electron chi connectivity index (χ2n) is 7.10. The fourth-order valence-electron chi connectivity index (χ4n) is 3.42. The number of rotatable bonds is 4. The molecule has 3 rings (SSSR count). The van der Waals surface area contributed by atoms with Crippen molar-refractivity contribution in [1.82, 2.24) is 5.06 Å². The van der Waals surface area contributed by atoms with Gasteiger partial charge in [0.25, 0.3) is 0 Å². The van der Waals surface area contributed by atoms with Gasteiger partial charge in [-0.15, -0.1) is 5.06 Å². The van der Waals surface area contributed by atoms with E-state index >= 15 is 0 Å². The van der Waals surface area contributed by atoms with E-state index in [1.54, 1.807) is 5.06 Å². The summed E-state index contributed by atoms with van der Waals surface area (Å²) in [5.74, 6) is -0.813. The van der Waals surface area contributed by atoms with Gasteiger partial charge in [0.1, 0.15) is 6.10 Å². The van der Waals surface area contributed by atoms with Gasteiger partial charge in [0.2, 0.25) is 0 Å². The van der Waals surface area contributed by atoms with Gasteiger partial charge in [0.05, 0.1) is 25.1 Å². The van der Waals surface area contributed by atoms with Crippen molar-refractivity contribution in [3.05, 3.63) is 35.9 Å². The van der Waals surface area contributed by atoms with Crippen molar-refractivity contribution in [2.75, 3.05) is 6.61 Å². The fraction of sp³-hybridized carbons (Fsp3) is 0.611. The lowest BCUT2D eigenvalue weighted by molar-refractivity contribution is -0.191. The van der Waals surface area contributed by atoms with Gasteiger partial charge in [-0.1, -0.05) is 44.2 Å². The molecule has 2 heterocycles. The maximum absolute atomic E-state index is 12.4. The highest BCUT2D eigenvalue weighted by Gasteiger charge is 2.52. The van der Waals surface area contributed by atoms with Crippen LogP contribution in [0.5, 0.6) is 0 Å². The topological polar surface area (TPSA) is 48.0 Å². The van der Waals surface area contributed by atoms with Crippen molar-refractivity contribution >= 4 is 5.97 Å². The average Bonchev–Trinajstić information content (AvgIpc) is 2.99. The van der Waals surface area contributed by atoms with Crippen LogP contribution in [0.2, 0.25) is 0 Å². The van der Waals surface area contributed by atoms with Gasteiger partial charge < -0.3 is 14.3 Å². The first-order chi connectivity index (χ1) is 10.9. The summed E-state index contributed by atoms with van der Waals surface area (Å²) < 4.78 is 11.7. The Kier molecular flexibility index (Phi) is 4.45. The van der Waals surface area contributed by atoms with Gasteiger partial charge >= 0.3 is 5.97 Å². The zero-order valence-electron chi connectivity index (χ0n) is 14.2. The smallest absolute Gasteiger partial charge is 0.330 e. The second kappa shape index (κ2) is 6.23. The van der Waals surface area contributed by atoms with Crippen molar-refractivity contribution in [2.45, 2.75) is 52.2 Å². The SMILES string of the molecule is CC(C)[C@@H]1C(=O)ON(Cc2ccccc2)[C@H]1[C@H]1COC(C)(C)O1. The van der Waals surface area contributed by atoms with Crippen LogP contribution < -0.4 is 0 Å². The van der Waals surface area contributed by atoms with E-state index in [1.165, 1.54) is 0 Å². The molecule has 23 heavy (non-hydrogen) atoms. The number of ether oxygens (including phenoxy) is 2. The summed E-state index contributed by atoms with van der Waals surface area (Å²) in [5.41, 5.74) is 1.10. The Hall–Kier alpha value is -1.43. The maximum atomic E-state index is 12.4. The summed E-state index contributed by atoms with van der Waals surface area (Å²) in [6, 6.07) is 9.88. The summed E-state index contributed by atoms with van der Waals surface area (Å²) >= 11 is 0. The first-order valence-electron chi connectivity index (χ1n) is 8.21. The van der Waals surface area contributed by atoms with Gasteiger partial charge in [-0.3, -0.25) is 0 Å². The van der Waals surface area contributed by atoms with E-state index in [-0.39, 0.29) is 30.0 Å². The molecule has 5 heteroatoms. The summed E-state index contributed by atoms with van der Waals surface area (Å²) in [4.78, 5) is 18.0. The van der Waals surface area contributed by atoms with Gasteiger partial charge in [-0.05, 0) is 25.3 Å². The number of carbonyl (C=O) groups excluding carboxylic acids is 1. The molecule has 126 valence electrons. The molecule has 0 spiro atoms. The quantitative estimate of drug-likeness (QED) is 0.854. The number of benzene rings is 1. The van der Waals surface area contributed by atoms with Crippen LogP contribution in [0, 0.1) is 11.8 Å². The van der Waals surface area contributed by atoms with E-state index in [1.807, 2.05) is 58.0 Å². The third-order valence-electron chi connectivity index (χ3n) is 4.49. The maximum Gasteiger partial charge on any atom is 0.330 e. The van der Waals surface area contributed by atoms with Gasteiger partial charge in [0, 0.05) is 0 Å². The first kappa shape index (κ1) is 16.4. The van der Waals surface area contributed by atoms with Gasteiger partial charge in [0.15, 0.2) is 5.79 Å². The Morgan fingerprint density at radius 1 is 1.26 bits per heavy atom. The molecular weight excluding hydrogens is 294 g/mol. The van der Waals surface area contributed by atoms with Crippen molar-refractivity contribution in [2.24, 2.45) is 11.8 Å².